The minimum absolute atomic E-state index is 0.898. The molecule has 120 valence electrons. The molecule has 1 rings (SSSR count). The Kier molecular flexibility index (Phi) is 9.59. The van der Waals surface area contributed by atoms with Gasteiger partial charge in [0.2, 0.25) is 0 Å². The number of hydrogen-bond donors (Lipinski definition) is 0. The summed E-state index contributed by atoms with van der Waals surface area (Å²) in [6, 6.07) is 0.898. The zero-order valence-corrected chi connectivity index (χ0v) is 14.7. The summed E-state index contributed by atoms with van der Waals surface area (Å²) >= 11 is 0. The third-order valence-corrected chi connectivity index (χ3v) is 5.26. The molecule has 0 aliphatic heterocycles. The van der Waals surface area contributed by atoms with E-state index < -0.39 is 0 Å². The van der Waals surface area contributed by atoms with Crippen molar-refractivity contribution in [3.63, 3.8) is 0 Å². The Hall–Kier alpha value is -0.0400. The van der Waals surface area contributed by atoms with Crippen LogP contribution in [0, 0.1) is 11.8 Å². The molecule has 1 fully saturated rings. The first-order valence-corrected chi connectivity index (χ1v) is 9.50. The van der Waals surface area contributed by atoms with E-state index in [0.717, 1.165) is 17.9 Å². The van der Waals surface area contributed by atoms with Crippen LogP contribution in [0.4, 0.5) is 0 Å². The first-order valence-electron chi connectivity index (χ1n) is 9.50. The molecule has 0 radical (unpaired) electrons. The lowest BCUT2D eigenvalue weighted by atomic mass is 9.74. The predicted octanol–water partition coefficient (Wildman–Crippen LogP) is 5.88. The molecule has 0 saturated heterocycles. The van der Waals surface area contributed by atoms with E-state index in [1.54, 1.807) is 0 Å². The maximum Gasteiger partial charge on any atom is 0.00954 e. The molecule has 1 aliphatic rings. The van der Waals surface area contributed by atoms with Gasteiger partial charge in [0, 0.05) is 6.04 Å². The molecule has 0 unspecified atom stereocenters. The standard InChI is InChI=1S/C19H39N/c1-5-9-17(10-6-2)18-11-13-19(14-12-18)20(15-7-3)16-8-4/h17-19H,5-16H2,1-4H3. The molecule has 0 aromatic heterocycles. The minimum atomic E-state index is 0.898. The van der Waals surface area contributed by atoms with E-state index in [2.05, 4.69) is 32.6 Å². The van der Waals surface area contributed by atoms with Gasteiger partial charge in [-0.3, -0.25) is 0 Å². The highest BCUT2D eigenvalue weighted by Gasteiger charge is 2.28. The summed E-state index contributed by atoms with van der Waals surface area (Å²) in [7, 11) is 0. The topological polar surface area (TPSA) is 3.24 Å². The molecule has 0 aromatic rings. The zero-order chi connectivity index (χ0) is 14.8. The number of nitrogens with zero attached hydrogens (tertiary/aromatic N) is 1. The first-order chi connectivity index (χ1) is 9.76. The van der Waals surface area contributed by atoms with E-state index >= 15 is 0 Å². The average Bonchev–Trinajstić information content (AvgIpc) is 2.47. The molecule has 1 aliphatic carbocycles. The Morgan fingerprint density at radius 3 is 1.65 bits per heavy atom. The second kappa shape index (κ2) is 10.7. The van der Waals surface area contributed by atoms with Crippen LogP contribution in [-0.2, 0) is 0 Å². The van der Waals surface area contributed by atoms with Crippen LogP contribution in [0.1, 0.15) is 91.9 Å². The van der Waals surface area contributed by atoms with E-state index in [1.165, 1.54) is 77.3 Å². The lowest BCUT2D eigenvalue weighted by Crippen LogP contribution is -2.40. The number of hydrogen-bond acceptors (Lipinski definition) is 1. The highest BCUT2D eigenvalue weighted by molar-refractivity contribution is 4.82. The van der Waals surface area contributed by atoms with Crippen molar-refractivity contribution in [1.29, 1.82) is 0 Å². The van der Waals surface area contributed by atoms with Crippen molar-refractivity contribution in [3.8, 4) is 0 Å². The van der Waals surface area contributed by atoms with Gasteiger partial charge in [-0.15, -0.1) is 0 Å². The summed E-state index contributed by atoms with van der Waals surface area (Å²) in [6.07, 6.45) is 14.3. The second-order valence-corrected chi connectivity index (χ2v) is 6.94. The van der Waals surface area contributed by atoms with Crippen molar-refractivity contribution in [2.24, 2.45) is 11.8 Å². The molecule has 1 heteroatoms. The maximum absolute atomic E-state index is 2.78. The lowest BCUT2D eigenvalue weighted by molar-refractivity contribution is 0.112. The van der Waals surface area contributed by atoms with Crippen LogP contribution >= 0.6 is 0 Å². The summed E-state index contributed by atoms with van der Waals surface area (Å²) in [5.41, 5.74) is 0. The predicted molar refractivity (Wildman–Crippen MR) is 91.2 cm³/mol. The fourth-order valence-corrected chi connectivity index (χ4v) is 4.35. The van der Waals surface area contributed by atoms with E-state index in [-0.39, 0.29) is 0 Å². The van der Waals surface area contributed by atoms with Gasteiger partial charge in [0.1, 0.15) is 0 Å². The normalized spacial score (nSPS) is 23.7. The van der Waals surface area contributed by atoms with Gasteiger partial charge in [-0.05, 0) is 63.5 Å². The van der Waals surface area contributed by atoms with Gasteiger partial charge in [-0.25, -0.2) is 0 Å². The molecule has 0 spiro atoms. The minimum Gasteiger partial charge on any atom is -0.300 e. The molecule has 0 amide bonds. The third kappa shape index (κ3) is 5.76. The fourth-order valence-electron chi connectivity index (χ4n) is 4.35. The molecule has 20 heavy (non-hydrogen) atoms. The van der Waals surface area contributed by atoms with Gasteiger partial charge in [-0.2, -0.15) is 0 Å². The van der Waals surface area contributed by atoms with Gasteiger partial charge >= 0.3 is 0 Å². The van der Waals surface area contributed by atoms with Crippen LogP contribution in [0.25, 0.3) is 0 Å². The SMILES string of the molecule is CCCC(CCC)C1CCC(N(CCC)CCC)CC1. The van der Waals surface area contributed by atoms with Crippen molar-refractivity contribution >= 4 is 0 Å². The summed E-state index contributed by atoms with van der Waals surface area (Å²) in [6.45, 7) is 12.0. The highest BCUT2D eigenvalue weighted by Crippen LogP contribution is 2.36. The van der Waals surface area contributed by atoms with Crippen molar-refractivity contribution < 1.29 is 0 Å². The summed E-state index contributed by atoms with van der Waals surface area (Å²) < 4.78 is 0. The average molecular weight is 282 g/mol. The van der Waals surface area contributed by atoms with Crippen molar-refractivity contribution in [1.82, 2.24) is 4.90 Å². The Morgan fingerprint density at radius 2 is 1.25 bits per heavy atom. The molecule has 0 aromatic carbocycles. The van der Waals surface area contributed by atoms with E-state index in [1.807, 2.05) is 0 Å². The Morgan fingerprint density at radius 1 is 0.750 bits per heavy atom. The quantitative estimate of drug-likeness (QED) is 0.483. The van der Waals surface area contributed by atoms with Gasteiger partial charge in [0.15, 0.2) is 0 Å². The fraction of sp³-hybridized carbons (Fsp3) is 1.00. The van der Waals surface area contributed by atoms with E-state index in [4.69, 9.17) is 0 Å². The van der Waals surface area contributed by atoms with Crippen LogP contribution in [0.5, 0.6) is 0 Å². The molecule has 0 bridgehead atoms. The third-order valence-electron chi connectivity index (χ3n) is 5.26. The van der Waals surface area contributed by atoms with E-state index in [9.17, 15) is 0 Å². The van der Waals surface area contributed by atoms with Gasteiger partial charge in [0.25, 0.3) is 0 Å². The highest BCUT2D eigenvalue weighted by atomic mass is 15.1. The smallest absolute Gasteiger partial charge is 0.00954 e. The van der Waals surface area contributed by atoms with Gasteiger partial charge in [0.05, 0.1) is 0 Å². The van der Waals surface area contributed by atoms with Crippen LogP contribution in [0.3, 0.4) is 0 Å². The van der Waals surface area contributed by atoms with Gasteiger partial charge < -0.3 is 4.90 Å². The molecule has 0 atom stereocenters. The molecular formula is C19H39N. The lowest BCUT2D eigenvalue weighted by Gasteiger charge is -2.39. The second-order valence-electron chi connectivity index (χ2n) is 6.94. The molecule has 0 N–H and O–H groups in total. The van der Waals surface area contributed by atoms with Crippen LogP contribution < -0.4 is 0 Å². The number of rotatable bonds is 10. The Balaban J connectivity index is 2.43. The zero-order valence-electron chi connectivity index (χ0n) is 14.7. The van der Waals surface area contributed by atoms with Gasteiger partial charge in [-0.1, -0.05) is 53.4 Å². The monoisotopic (exact) mass is 281 g/mol. The van der Waals surface area contributed by atoms with Crippen LogP contribution in [-0.4, -0.2) is 24.0 Å². The molecule has 0 heterocycles. The maximum atomic E-state index is 2.78. The molecular weight excluding hydrogens is 242 g/mol. The summed E-state index contributed by atoms with van der Waals surface area (Å²) in [5, 5.41) is 0. The largest absolute Gasteiger partial charge is 0.300 e. The van der Waals surface area contributed by atoms with Crippen molar-refractivity contribution in [2.45, 2.75) is 97.9 Å². The Labute approximate surface area is 128 Å². The molecule has 1 saturated carbocycles. The van der Waals surface area contributed by atoms with Crippen molar-refractivity contribution in [3.05, 3.63) is 0 Å². The summed E-state index contributed by atoms with van der Waals surface area (Å²) in [4.78, 5) is 2.78. The van der Waals surface area contributed by atoms with Crippen molar-refractivity contribution in [2.75, 3.05) is 13.1 Å². The Bertz CT molecular complexity index is 182. The summed E-state index contributed by atoms with van der Waals surface area (Å²) in [5.74, 6) is 2.06. The first kappa shape index (κ1) is 18.0. The van der Waals surface area contributed by atoms with Crippen LogP contribution in [0.2, 0.25) is 0 Å². The molecule has 1 nitrogen and oxygen atoms in total. The van der Waals surface area contributed by atoms with E-state index in [0.29, 0.717) is 0 Å². The van der Waals surface area contributed by atoms with Crippen LogP contribution in [0.15, 0.2) is 0 Å².